The molecule has 8 nitrogen and oxygen atoms in total. The van der Waals surface area contributed by atoms with E-state index in [0.29, 0.717) is 31.8 Å². The smallest absolute Gasteiger partial charge is 0.338 e. The third kappa shape index (κ3) is 4.68. The first-order valence-corrected chi connectivity index (χ1v) is 9.08. The van der Waals surface area contributed by atoms with Gasteiger partial charge >= 0.3 is 5.97 Å². The van der Waals surface area contributed by atoms with E-state index in [1.807, 2.05) is 0 Å². The second-order valence-corrected chi connectivity index (χ2v) is 7.22. The normalized spacial score (nSPS) is 16.0. The van der Waals surface area contributed by atoms with Gasteiger partial charge < -0.3 is 14.8 Å². The summed E-state index contributed by atoms with van der Waals surface area (Å²) in [7, 11) is -1.80. The van der Waals surface area contributed by atoms with E-state index in [9.17, 15) is 18.0 Å². The Balaban J connectivity index is 1.96. The number of carbonyl (C=O) groups is 2. The minimum absolute atomic E-state index is 0.101. The van der Waals surface area contributed by atoms with E-state index >= 15 is 0 Å². The first-order chi connectivity index (χ1) is 11.4. The summed E-state index contributed by atoms with van der Waals surface area (Å²) in [5, 5.41) is 2.53. The summed E-state index contributed by atoms with van der Waals surface area (Å²) in [5.41, 5.74) is 0.616. The van der Waals surface area contributed by atoms with Gasteiger partial charge in [-0.2, -0.15) is 0 Å². The van der Waals surface area contributed by atoms with E-state index in [4.69, 9.17) is 9.47 Å². The fourth-order valence-corrected chi connectivity index (χ4v) is 3.83. The maximum atomic E-state index is 12.0. The number of benzene rings is 1. The number of hydrogen-bond donors (Lipinski definition) is 1. The Morgan fingerprint density at radius 1 is 1.33 bits per heavy atom. The molecule has 0 atom stereocenters. The molecule has 1 heterocycles. The van der Waals surface area contributed by atoms with Gasteiger partial charge in [-0.1, -0.05) is 6.07 Å². The third-order valence-corrected chi connectivity index (χ3v) is 5.30. The first-order valence-electron chi connectivity index (χ1n) is 7.47. The Morgan fingerprint density at radius 2 is 2.12 bits per heavy atom. The van der Waals surface area contributed by atoms with Gasteiger partial charge in [0.1, 0.15) is 0 Å². The zero-order valence-electron chi connectivity index (χ0n) is 13.4. The first kappa shape index (κ1) is 18.2. The molecule has 9 heteroatoms. The Labute approximate surface area is 140 Å². The Hall–Kier alpha value is -2.13. The lowest BCUT2D eigenvalue weighted by Gasteiger charge is -2.17. The standard InChI is InChI=1S/C15H20N2O6S/c1-22-8-6-16-14(18)11-23-15(19)12-4-2-5-13(10-12)17-7-3-9-24(17,20)21/h2,4-5,10H,3,6-9,11H2,1H3,(H,16,18). The van der Waals surface area contributed by atoms with E-state index in [2.05, 4.69) is 5.32 Å². The Bertz CT molecular complexity index is 704. The van der Waals surface area contributed by atoms with Crippen molar-refractivity contribution in [3.05, 3.63) is 29.8 Å². The molecule has 1 aliphatic rings. The minimum atomic E-state index is -3.32. The third-order valence-electron chi connectivity index (χ3n) is 3.43. The van der Waals surface area contributed by atoms with Crippen LogP contribution in [0.4, 0.5) is 5.69 Å². The zero-order valence-corrected chi connectivity index (χ0v) is 14.2. The van der Waals surface area contributed by atoms with Crippen LogP contribution >= 0.6 is 0 Å². The Kier molecular flexibility index (Phi) is 6.16. The molecular weight excluding hydrogens is 336 g/mol. The molecule has 1 saturated heterocycles. The summed E-state index contributed by atoms with van der Waals surface area (Å²) in [4.78, 5) is 23.5. The van der Waals surface area contributed by atoms with E-state index in [0.717, 1.165) is 0 Å². The maximum Gasteiger partial charge on any atom is 0.338 e. The SMILES string of the molecule is COCCNC(=O)COC(=O)c1cccc(N2CCCS2(=O)=O)c1. The van der Waals surface area contributed by atoms with Crippen LogP contribution < -0.4 is 9.62 Å². The van der Waals surface area contributed by atoms with Gasteiger partial charge in [0.15, 0.2) is 6.61 Å². The van der Waals surface area contributed by atoms with Gasteiger partial charge in [0, 0.05) is 20.2 Å². The van der Waals surface area contributed by atoms with Gasteiger partial charge in [0.05, 0.1) is 23.6 Å². The average Bonchev–Trinajstić information content (AvgIpc) is 2.92. The number of nitrogens with zero attached hydrogens (tertiary/aromatic N) is 1. The second-order valence-electron chi connectivity index (χ2n) is 5.21. The highest BCUT2D eigenvalue weighted by Crippen LogP contribution is 2.24. The zero-order chi connectivity index (χ0) is 17.6. The van der Waals surface area contributed by atoms with Crippen molar-refractivity contribution in [1.29, 1.82) is 0 Å². The molecule has 1 amide bonds. The van der Waals surface area contributed by atoms with Crippen LogP contribution in [-0.4, -0.2) is 59.5 Å². The van der Waals surface area contributed by atoms with Crippen molar-refractivity contribution in [2.75, 3.05) is 43.5 Å². The van der Waals surface area contributed by atoms with Crippen molar-refractivity contribution in [3.8, 4) is 0 Å². The highest BCUT2D eigenvalue weighted by molar-refractivity contribution is 7.93. The van der Waals surface area contributed by atoms with Crippen molar-refractivity contribution in [2.45, 2.75) is 6.42 Å². The van der Waals surface area contributed by atoms with Crippen LogP contribution in [-0.2, 0) is 24.3 Å². The summed E-state index contributed by atoms with van der Waals surface area (Å²) < 4.78 is 34.9. The molecule has 0 radical (unpaired) electrons. The number of sulfonamides is 1. The number of methoxy groups -OCH3 is 1. The molecule has 24 heavy (non-hydrogen) atoms. The highest BCUT2D eigenvalue weighted by Gasteiger charge is 2.28. The van der Waals surface area contributed by atoms with E-state index in [-0.39, 0.29) is 11.3 Å². The minimum Gasteiger partial charge on any atom is -0.452 e. The molecule has 1 aliphatic heterocycles. The lowest BCUT2D eigenvalue weighted by atomic mass is 10.2. The quantitative estimate of drug-likeness (QED) is 0.551. The topological polar surface area (TPSA) is 102 Å². The average molecular weight is 356 g/mol. The van der Waals surface area contributed by atoms with Gasteiger partial charge in [-0.05, 0) is 24.6 Å². The van der Waals surface area contributed by atoms with Crippen LogP contribution in [0.3, 0.4) is 0 Å². The molecule has 0 aliphatic carbocycles. The number of hydrogen-bond acceptors (Lipinski definition) is 6. The predicted molar refractivity (Wildman–Crippen MR) is 87.4 cm³/mol. The molecule has 0 unspecified atom stereocenters. The molecule has 1 N–H and O–H groups in total. The second kappa shape index (κ2) is 8.11. The van der Waals surface area contributed by atoms with Gasteiger partial charge in [0.25, 0.3) is 5.91 Å². The number of esters is 1. The van der Waals surface area contributed by atoms with E-state index < -0.39 is 28.5 Å². The molecular formula is C15H20N2O6S. The molecule has 0 bridgehead atoms. The van der Waals surface area contributed by atoms with Crippen LogP contribution in [0.2, 0.25) is 0 Å². The molecule has 1 fully saturated rings. The van der Waals surface area contributed by atoms with Gasteiger partial charge in [0.2, 0.25) is 10.0 Å². The van der Waals surface area contributed by atoms with Crippen molar-refractivity contribution in [1.82, 2.24) is 5.32 Å². The summed E-state index contributed by atoms with van der Waals surface area (Å²) >= 11 is 0. The van der Waals surface area contributed by atoms with Crippen molar-refractivity contribution >= 4 is 27.6 Å². The molecule has 0 spiro atoms. The highest BCUT2D eigenvalue weighted by atomic mass is 32.2. The summed E-state index contributed by atoms with van der Waals surface area (Å²) in [5.74, 6) is -1.02. The number of carbonyl (C=O) groups excluding carboxylic acids is 2. The maximum absolute atomic E-state index is 12.0. The van der Waals surface area contributed by atoms with E-state index in [1.54, 1.807) is 12.1 Å². The van der Waals surface area contributed by atoms with Crippen LogP contribution in [0.25, 0.3) is 0 Å². The molecule has 1 aromatic carbocycles. The van der Waals surface area contributed by atoms with Crippen LogP contribution in [0.15, 0.2) is 24.3 Å². The summed E-state index contributed by atoms with van der Waals surface area (Å²) in [6, 6.07) is 6.17. The largest absolute Gasteiger partial charge is 0.452 e. The summed E-state index contributed by atoms with van der Waals surface area (Å²) in [6.07, 6.45) is 0.554. The lowest BCUT2D eigenvalue weighted by molar-refractivity contribution is -0.124. The molecule has 1 aromatic rings. The number of nitrogens with one attached hydrogen (secondary N) is 1. The van der Waals surface area contributed by atoms with Crippen LogP contribution in [0.5, 0.6) is 0 Å². The van der Waals surface area contributed by atoms with Gasteiger partial charge in [-0.25, -0.2) is 13.2 Å². The number of anilines is 1. The van der Waals surface area contributed by atoms with Crippen LogP contribution in [0.1, 0.15) is 16.8 Å². The molecule has 0 saturated carbocycles. The van der Waals surface area contributed by atoms with Crippen molar-refractivity contribution < 1.29 is 27.5 Å². The number of amides is 1. The summed E-state index contributed by atoms with van der Waals surface area (Å²) in [6.45, 7) is 0.679. The lowest BCUT2D eigenvalue weighted by Crippen LogP contribution is -2.31. The van der Waals surface area contributed by atoms with Gasteiger partial charge in [-0.15, -0.1) is 0 Å². The van der Waals surface area contributed by atoms with Gasteiger partial charge in [-0.3, -0.25) is 9.10 Å². The Morgan fingerprint density at radius 3 is 2.79 bits per heavy atom. The van der Waals surface area contributed by atoms with Crippen molar-refractivity contribution in [3.63, 3.8) is 0 Å². The number of ether oxygens (including phenoxy) is 2. The molecule has 132 valence electrons. The molecule has 0 aromatic heterocycles. The van der Waals surface area contributed by atoms with Crippen molar-refractivity contribution in [2.24, 2.45) is 0 Å². The monoisotopic (exact) mass is 356 g/mol. The predicted octanol–water partition coefficient (Wildman–Crippen LogP) is 0.146. The number of rotatable bonds is 7. The fourth-order valence-electron chi connectivity index (χ4n) is 2.28. The molecule has 2 rings (SSSR count). The fraction of sp³-hybridized carbons (Fsp3) is 0.467. The van der Waals surface area contributed by atoms with Crippen LogP contribution in [0, 0.1) is 0 Å². The van der Waals surface area contributed by atoms with E-state index in [1.165, 1.54) is 23.5 Å².